The van der Waals surface area contributed by atoms with Crippen LogP contribution in [0.4, 0.5) is 0 Å². The Morgan fingerprint density at radius 2 is 2.06 bits per heavy atom. The molecule has 2 atom stereocenters. The van der Waals surface area contributed by atoms with E-state index in [1.165, 1.54) is 27.8 Å². The van der Waals surface area contributed by atoms with Crippen LogP contribution in [0, 0.1) is 5.92 Å². The van der Waals surface area contributed by atoms with E-state index >= 15 is 0 Å². The maximum Gasteiger partial charge on any atom is 0.374 e. The molecular formula is C23H20N2O4S2. The van der Waals surface area contributed by atoms with E-state index in [9.17, 15) is 9.59 Å². The van der Waals surface area contributed by atoms with Crippen molar-refractivity contribution in [2.24, 2.45) is 11.0 Å². The molecule has 0 spiro atoms. The summed E-state index contributed by atoms with van der Waals surface area (Å²) >= 11 is 3.31. The summed E-state index contributed by atoms with van der Waals surface area (Å²) in [4.78, 5) is 27.5. The zero-order valence-corrected chi connectivity index (χ0v) is 18.2. The van der Waals surface area contributed by atoms with Gasteiger partial charge >= 0.3 is 5.97 Å². The number of carbonyl (C=O) groups is 2. The second-order valence-electron chi connectivity index (χ2n) is 7.42. The van der Waals surface area contributed by atoms with Gasteiger partial charge in [-0.1, -0.05) is 12.1 Å². The fraction of sp³-hybridized carbons (Fsp3) is 0.261. The van der Waals surface area contributed by atoms with Gasteiger partial charge in [0.25, 0.3) is 5.91 Å². The minimum absolute atomic E-state index is 0.0742. The molecule has 3 aromatic heterocycles. The molecule has 8 heteroatoms. The van der Waals surface area contributed by atoms with E-state index in [4.69, 9.17) is 14.3 Å². The lowest BCUT2D eigenvalue weighted by Crippen LogP contribution is -2.34. The highest BCUT2D eigenvalue weighted by Gasteiger charge is 2.44. The number of fused-ring (bicyclic) bond motifs is 1. The average Bonchev–Trinajstić information content (AvgIpc) is 3.57. The lowest BCUT2D eigenvalue weighted by Gasteiger charge is -2.28. The zero-order valence-electron chi connectivity index (χ0n) is 16.6. The van der Waals surface area contributed by atoms with E-state index in [1.54, 1.807) is 28.7 Å². The molecule has 31 heavy (non-hydrogen) atoms. The number of rotatable bonds is 5. The third-order valence-electron chi connectivity index (χ3n) is 5.50. The Morgan fingerprint density at radius 3 is 2.81 bits per heavy atom. The number of esters is 1. The number of allylic oxidation sites excluding steroid dienone is 1. The normalized spacial score (nSPS) is 21.7. The maximum absolute atomic E-state index is 13.1. The van der Waals surface area contributed by atoms with Gasteiger partial charge in [0, 0.05) is 15.7 Å². The van der Waals surface area contributed by atoms with Crippen LogP contribution in [0.15, 0.2) is 68.5 Å². The van der Waals surface area contributed by atoms with Gasteiger partial charge in [-0.2, -0.15) is 5.10 Å². The molecule has 1 saturated carbocycles. The number of thiophene rings is 2. The van der Waals surface area contributed by atoms with Crippen molar-refractivity contribution in [2.45, 2.75) is 25.3 Å². The zero-order chi connectivity index (χ0) is 21.2. The summed E-state index contributed by atoms with van der Waals surface area (Å²) in [5.74, 6) is -0.780. The number of carbonyl (C=O) groups excluding carboxylic acids is 2. The van der Waals surface area contributed by atoms with E-state index < -0.39 is 5.97 Å². The molecule has 1 aliphatic heterocycles. The van der Waals surface area contributed by atoms with Gasteiger partial charge < -0.3 is 9.15 Å². The first kappa shape index (κ1) is 20.0. The van der Waals surface area contributed by atoms with Gasteiger partial charge in [0.1, 0.15) is 0 Å². The lowest BCUT2D eigenvalue weighted by molar-refractivity contribution is -0.137. The van der Waals surface area contributed by atoms with E-state index in [1.807, 2.05) is 23.6 Å². The topological polar surface area (TPSA) is 72.1 Å². The first-order chi connectivity index (χ1) is 15.2. The van der Waals surface area contributed by atoms with Gasteiger partial charge in [-0.05, 0) is 65.9 Å². The fourth-order valence-electron chi connectivity index (χ4n) is 4.15. The highest BCUT2D eigenvalue weighted by atomic mass is 32.1. The average molecular weight is 453 g/mol. The maximum atomic E-state index is 13.1. The molecule has 158 valence electrons. The molecule has 1 aliphatic carbocycles. The minimum atomic E-state index is -0.659. The third kappa shape index (κ3) is 4.00. The first-order valence-corrected chi connectivity index (χ1v) is 11.9. The highest BCUT2D eigenvalue weighted by Crippen LogP contribution is 2.45. The first-order valence-electron chi connectivity index (χ1n) is 10.1. The smallest absolute Gasteiger partial charge is 0.374 e. The summed E-state index contributed by atoms with van der Waals surface area (Å²) in [6.07, 6.45) is 6.55. The molecule has 3 aromatic rings. The van der Waals surface area contributed by atoms with E-state index in [2.05, 4.69) is 17.5 Å². The number of furan rings is 1. The van der Waals surface area contributed by atoms with Crippen LogP contribution in [-0.4, -0.2) is 29.2 Å². The van der Waals surface area contributed by atoms with Crippen molar-refractivity contribution < 1.29 is 18.7 Å². The van der Waals surface area contributed by atoms with Crippen molar-refractivity contribution in [1.82, 2.24) is 5.01 Å². The summed E-state index contributed by atoms with van der Waals surface area (Å²) in [7, 11) is 0. The molecule has 2 unspecified atom stereocenters. The van der Waals surface area contributed by atoms with Crippen molar-refractivity contribution in [1.29, 1.82) is 0 Å². The summed E-state index contributed by atoms with van der Waals surface area (Å²) < 4.78 is 10.2. The second kappa shape index (κ2) is 8.64. The van der Waals surface area contributed by atoms with Crippen LogP contribution in [0.3, 0.4) is 0 Å². The van der Waals surface area contributed by atoms with Crippen molar-refractivity contribution in [2.75, 3.05) is 6.61 Å². The summed E-state index contributed by atoms with van der Waals surface area (Å²) in [6, 6.07) is 11.1. The predicted octanol–water partition coefficient (Wildman–Crippen LogP) is 5.38. The standard InChI is InChI=1S/C23H20N2O4S2/c26-20(14-29-23(27)18-8-2-10-28-18)25-22(19-9-4-12-31-19)17-7-1-5-15(21(17)24-25)13-16-6-3-11-30-16/h2-4,6,8-13,17,22H,1,5,7,14H2. The largest absolute Gasteiger partial charge is 0.457 e. The van der Waals surface area contributed by atoms with Crippen LogP contribution in [-0.2, 0) is 9.53 Å². The van der Waals surface area contributed by atoms with Crippen molar-refractivity contribution in [3.63, 3.8) is 0 Å². The van der Waals surface area contributed by atoms with Gasteiger partial charge in [0.05, 0.1) is 18.0 Å². The number of nitrogens with zero attached hydrogens (tertiary/aromatic N) is 2. The number of hydrogen-bond donors (Lipinski definition) is 0. The molecule has 1 fully saturated rings. The molecular weight excluding hydrogens is 432 g/mol. The minimum Gasteiger partial charge on any atom is -0.457 e. The van der Waals surface area contributed by atoms with Crippen LogP contribution in [0.5, 0.6) is 0 Å². The van der Waals surface area contributed by atoms with Crippen LogP contribution in [0.2, 0.25) is 0 Å². The molecule has 4 heterocycles. The number of hydrazone groups is 1. The summed E-state index contributed by atoms with van der Waals surface area (Å²) in [5.41, 5.74) is 2.16. The Morgan fingerprint density at radius 1 is 1.19 bits per heavy atom. The van der Waals surface area contributed by atoms with Crippen LogP contribution in [0.25, 0.3) is 6.08 Å². The van der Waals surface area contributed by atoms with Gasteiger partial charge in [-0.3, -0.25) is 4.79 Å². The Hall–Kier alpha value is -2.97. The Bertz CT molecular complexity index is 1110. The Kier molecular flexibility index (Phi) is 5.57. The van der Waals surface area contributed by atoms with Gasteiger partial charge in [-0.25, -0.2) is 9.80 Å². The summed E-state index contributed by atoms with van der Waals surface area (Å²) in [6.45, 7) is -0.380. The van der Waals surface area contributed by atoms with E-state index in [-0.39, 0.29) is 30.2 Å². The van der Waals surface area contributed by atoms with Crippen LogP contribution in [0.1, 0.15) is 45.6 Å². The van der Waals surface area contributed by atoms with Crippen molar-refractivity contribution in [3.8, 4) is 0 Å². The van der Waals surface area contributed by atoms with Crippen molar-refractivity contribution in [3.05, 3.63) is 74.5 Å². The lowest BCUT2D eigenvalue weighted by atomic mass is 9.79. The predicted molar refractivity (Wildman–Crippen MR) is 120 cm³/mol. The van der Waals surface area contributed by atoms with Gasteiger partial charge in [0.15, 0.2) is 6.61 Å². The molecule has 0 bridgehead atoms. The van der Waals surface area contributed by atoms with Gasteiger partial charge in [0.2, 0.25) is 5.76 Å². The molecule has 1 amide bonds. The Balaban J connectivity index is 1.41. The Labute approximate surface area is 187 Å². The molecule has 0 radical (unpaired) electrons. The fourth-order valence-corrected chi connectivity index (χ4v) is 5.71. The van der Waals surface area contributed by atoms with Crippen molar-refractivity contribution >= 4 is 46.3 Å². The van der Waals surface area contributed by atoms with Crippen LogP contribution < -0.4 is 0 Å². The number of hydrogen-bond acceptors (Lipinski definition) is 7. The number of amides is 1. The SMILES string of the molecule is O=C(OCC(=O)N1N=C2C(=Cc3cccs3)CCCC2C1c1cccs1)c1ccco1. The molecule has 6 nitrogen and oxygen atoms in total. The number of ether oxygens (including phenoxy) is 1. The monoisotopic (exact) mass is 452 g/mol. The van der Waals surface area contributed by atoms with E-state index in [0.717, 1.165) is 29.9 Å². The molecule has 0 N–H and O–H groups in total. The highest BCUT2D eigenvalue weighted by molar-refractivity contribution is 7.11. The van der Waals surface area contributed by atoms with Crippen LogP contribution >= 0.6 is 22.7 Å². The molecule has 2 aliphatic rings. The molecule has 0 aromatic carbocycles. The quantitative estimate of drug-likeness (QED) is 0.487. The second-order valence-corrected chi connectivity index (χ2v) is 9.38. The third-order valence-corrected chi connectivity index (χ3v) is 7.26. The summed E-state index contributed by atoms with van der Waals surface area (Å²) in [5, 5.41) is 10.4. The molecule has 0 saturated heterocycles. The van der Waals surface area contributed by atoms with Gasteiger partial charge in [-0.15, -0.1) is 22.7 Å². The molecule has 5 rings (SSSR count). The van der Waals surface area contributed by atoms with E-state index in [0.29, 0.717) is 0 Å².